The Morgan fingerprint density at radius 3 is 2.92 bits per heavy atom. The molecule has 122 valence electrons. The first-order valence-electron chi connectivity index (χ1n) is 8.32. The van der Waals surface area contributed by atoms with Gasteiger partial charge < -0.3 is 9.14 Å². The van der Waals surface area contributed by atoms with Crippen molar-refractivity contribution in [1.82, 2.24) is 14.4 Å². The summed E-state index contributed by atoms with van der Waals surface area (Å²) < 4.78 is 7.12. The second-order valence-corrected chi connectivity index (χ2v) is 6.17. The lowest BCUT2D eigenvalue weighted by molar-refractivity contribution is 0.0526. The maximum absolute atomic E-state index is 11.8. The number of rotatable bonds is 5. The van der Waals surface area contributed by atoms with Gasteiger partial charge in [-0.3, -0.25) is 4.98 Å². The Bertz CT molecular complexity index is 897. The summed E-state index contributed by atoms with van der Waals surface area (Å²) in [6, 6.07) is 7.69. The highest BCUT2D eigenvalue weighted by molar-refractivity contribution is 5.89. The van der Waals surface area contributed by atoms with Crippen LogP contribution in [-0.4, -0.2) is 26.9 Å². The molecule has 0 amide bonds. The summed E-state index contributed by atoms with van der Waals surface area (Å²) in [6.07, 6.45) is 9.03. The van der Waals surface area contributed by atoms with E-state index in [1.165, 1.54) is 18.4 Å². The SMILES string of the molecule is CCOC(=O)c1ccnc(Cc2cn3cc(C4CC4)ccc3n2)c1. The van der Waals surface area contributed by atoms with Crippen molar-refractivity contribution in [3.05, 3.63) is 65.4 Å². The van der Waals surface area contributed by atoms with Crippen molar-refractivity contribution in [3.63, 3.8) is 0 Å². The molecule has 5 heteroatoms. The number of nitrogens with zero attached hydrogens (tertiary/aromatic N) is 3. The van der Waals surface area contributed by atoms with Crippen LogP contribution in [-0.2, 0) is 11.2 Å². The highest BCUT2D eigenvalue weighted by Crippen LogP contribution is 2.39. The number of imidazole rings is 1. The number of carbonyl (C=O) groups is 1. The van der Waals surface area contributed by atoms with E-state index in [1.807, 2.05) is 6.20 Å². The van der Waals surface area contributed by atoms with Crippen LogP contribution in [0.3, 0.4) is 0 Å². The highest BCUT2D eigenvalue weighted by Gasteiger charge is 2.23. The standard InChI is InChI=1S/C19H19N3O2/c1-2-24-19(23)14-7-8-20-16(9-14)10-17-12-22-11-15(13-3-4-13)5-6-18(22)21-17/h5-9,11-13H,2-4,10H2,1H3. The number of pyridine rings is 2. The van der Waals surface area contributed by atoms with Crippen LogP contribution in [0.2, 0.25) is 0 Å². The van der Waals surface area contributed by atoms with Crippen molar-refractivity contribution in [1.29, 1.82) is 0 Å². The van der Waals surface area contributed by atoms with Gasteiger partial charge in [-0.2, -0.15) is 0 Å². The molecule has 3 heterocycles. The zero-order chi connectivity index (χ0) is 16.5. The van der Waals surface area contributed by atoms with Crippen LogP contribution in [0.5, 0.6) is 0 Å². The third-order valence-electron chi connectivity index (χ3n) is 4.26. The highest BCUT2D eigenvalue weighted by atomic mass is 16.5. The van der Waals surface area contributed by atoms with E-state index in [4.69, 9.17) is 4.74 Å². The van der Waals surface area contributed by atoms with Crippen LogP contribution < -0.4 is 0 Å². The average Bonchev–Trinajstić information content (AvgIpc) is 3.35. The van der Waals surface area contributed by atoms with E-state index in [0.717, 1.165) is 23.0 Å². The summed E-state index contributed by atoms with van der Waals surface area (Å²) in [5.41, 5.74) is 4.61. The number of aromatic nitrogens is 3. The molecule has 0 aliphatic heterocycles. The number of fused-ring (bicyclic) bond motifs is 1. The second kappa shape index (κ2) is 6.07. The van der Waals surface area contributed by atoms with E-state index in [1.54, 1.807) is 25.3 Å². The van der Waals surface area contributed by atoms with Crippen LogP contribution >= 0.6 is 0 Å². The molecule has 1 aliphatic rings. The zero-order valence-electron chi connectivity index (χ0n) is 13.6. The molecule has 0 radical (unpaired) electrons. The van der Waals surface area contributed by atoms with Crippen LogP contribution in [0, 0.1) is 0 Å². The maximum atomic E-state index is 11.8. The van der Waals surface area contributed by atoms with Gasteiger partial charge in [-0.05, 0) is 49.4 Å². The third-order valence-corrected chi connectivity index (χ3v) is 4.26. The largest absolute Gasteiger partial charge is 0.462 e. The van der Waals surface area contributed by atoms with Gasteiger partial charge in [0.15, 0.2) is 0 Å². The summed E-state index contributed by atoms with van der Waals surface area (Å²) >= 11 is 0. The smallest absolute Gasteiger partial charge is 0.338 e. The number of hydrogen-bond donors (Lipinski definition) is 0. The minimum Gasteiger partial charge on any atom is -0.462 e. The quantitative estimate of drug-likeness (QED) is 0.676. The second-order valence-electron chi connectivity index (χ2n) is 6.17. The van der Waals surface area contributed by atoms with Crippen LogP contribution in [0.25, 0.3) is 5.65 Å². The first-order valence-corrected chi connectivity index (χ1v) is 8.32. The van der Waals surface area contributed by atoms with Crippen LogP contribution in [0.4, 0.5) is 0 Å². The summed E-state index contributed by atoms with van der Waals surface area (Å²) in [4.78, 5) is 20.8. The normalized spacial score (nSPS) is 14.0. The predicted molar refractivity (Wildman–Crippen MR) is 90.2 cm³/mol. The molecule has 0 N–H and O–H groups in total. The molecule has 0 atom stereocenters. The first-order chi connectivity index (χ1) is 11.7. The maximum Gasteiger partial charge on any atom is 0.338 e. The fraction of sp³-hybridized carbons (Fsp3) is 0.316. The molecule has 3 aromatic rings. The van der Waals surface area contributed by atoms with Crippen molar-refractivity contribution in [2.24, 2.45) is 0 Å². The van der Waals surface area contributed by atoms with Crippen molar-refractivity contribution >= 4 is 11.6 Å². The van der Waals surface area contributed by atoms with Crippen molar-refractivity contribution in [3.8, 4) is 0 Å². The Morgan fingerprint density at radius 2 is 2.12 bits per heavy atom. The number of esters is 1. The fourth-order valence-corrected chi connectivity index (χ4v) is 2.91. The Hall–Kier alpha value is -2.69. The molecule has 0 unspecified atom stereocenters. The Balaban J connectivity index is 1.57. The van der Waals surface area contributed by atoms with Gasteiger partial charge in [0.2, 0.25) is 0 Å². The number of ether oxygens (including phenoxy) is 1. The Kier molecular flexibility index (Phi) is 3.76. The summed E-state index contributed by atoms with van der Waals surface area (Å²) in [5, 5.41) is 0. The Labute approximate surface area is 140 Å². The van der Waals surface area contributed by atoms with Gasteiger partial charge in [0.1, 0.15) is 5.65 Å². The molecule has 4 rings (SSSR count). The summed E-state index contributed by atoms with van der Waals surface area (Å²) in [6.45, 7) is 2.17. The number of carbonyl (C=O) groups excluding carboxylic acids is 1. The molecule has 0 bridgehead atoms. The topological polar surface area (TPSA) is 56.5 Å². The summed E-state index contributed by atoms with van der Waals surface area (Å²) in [5.74, 6) is 0.411. The first kappa shape index (κ1) is 14.9. The van der Waals surface area contributed by atoms with Crippen molar-refractivity contribution < 1.29 is 9.53 Å². The Morgan fingerprint density at radius 1 is 1.25 bits per heavy atom. The fourth-order valence-electron chi connectivity index (χ4n) is 2.91. The molecule has 1 aliphatic carbocycles. The minimum absolute atomic E-state index is 0.315. The molecule has 1 fully saturated rings. The zero-order valence-corrected chi connectivity index (χ0v) is 13.6. The van der Waals surface area contributed by atoms with Crippen molar-refractivity contribution in [2.75, 3.05) is 6.61 Å². The molecule has 3 aromatic heterocycles. The molecule has 1 saturated carbocycles. The van der Waals surface area contributed by atoms with Gasteiger partial charge in [0.05, 0.1) is 17.9 Å². The van der Waals surface area contributed by atoms with E-state index in [-0.39, 0.29) is 5.97 Å². The lowest BCUT2D eigenvalue weighted by atomic mass is 10.1. The van der Waals surface area contributed by atoms with Crippen LogP contribution in [0.1, 0.15) is 53.0 Å². The van der Waals surface area contributed by atoms with E-state index in [0.29, 0.717) is 18.6 Å². The molecule has 0 saturated heterocycles. The van der Waals surface area contributed by atoms with Gasteiger partial charge in [-0.15, -0.1) is 0 Å². The molecule has 5 nitrogen and oxygen atoms in total. The molecular formula is C19H19N3O2. The number of hydrogen-bond acceptors (Lipinski definition) is 4. The van der Waals surface area contributed by atoms with Gasteiger partial charge in [-0.1, -0.05) is 6.07 Å². The van der Waals surface area contributed by atoms with Crippen molar-refractivity contribution in [2.45, 2.75) is 32.1 Å². The predicted octanol–water partition coefficient (Wildman–Crippen LogP) is 3.37. The van der Waals surface area contributed by atoms with Gasteiger partial charge in [-0.25, -0.2) is 9.78 Å². The molecule has 0 aromatic carbocycles. The minimum atomic E-state index is -0.315. The molecular weight excluding hydrogens is 302 g/mol. The lowest BCUT2D eigenvalue weighted by Gasteiger charge is -2.03. The lowest BCUT2D eigenvalue weighted by Crippen LogP contribution is -2.06. The van der Waals surface area contributed by atoms with E-state index < -0.39 is 0 Å². The molecule has 24 heavy (non-hydrogen) atoms. The summed E-state index contributed by atoms with van der Waals surface area (Å²) in [7, 11) is 0. The van der Waals surface area contributed by atoms with E-state index >= 15 is 0 Å². The van der Waals surface area contributed by atoms with Gasteiger partial charge >= 0.3 is 5.97 Å². The van der Waals surface area contributed by atoms with Gasteiger partial charge in [0, 0.05) is 30.7 Å². The van der Waals surface area contributed by atoms with E-state index in [9.17, 15) is 4.79 Å². The third kappa shape index (κ3) is 3.02. The molecule has 0 spiro atoms. The van der Waals surface area contributed by atoms with Crippen LogP contribution in [0.15, 0.2) is 42.9 Å². The monoisotopic (exact) mass is 321 g/mol. The average molecular weight is 321 g/mol. The van der Waals surface area contributed by atoms with Gasteiger partial charge in [0.25, 0.3) is 0 Å². The van der Waals surface area contributed by atoms with E-state index in [2.05, 4.69) is 32.7 Å².